The predicted octanol–water partition coefficient (Wildman–Crippen LogP) is 3.92. The maximum absolute atomic E-state index is 6.15. The fourth-order valence-corrected chi connectivity index (χ4v) is 2.07. The van der Waals surface area contributed by atoms with E-state index in [1.807, 2.05) is 49.4 Å². The summed E-state index contributed by atoms with van der Waals surface area (Å²) in [5.74, 6) is 1.46. The van der Waals surface area contributed by atoms with Gasteiger partial charge in [0.15, 0.2) is 5.75 Å². The highest BCUT2D eigenvalue weighted by molar-refractivity contribution is 5.95. The van der Waals surface area contributed by atoms with Gasteiger partial charge in [-0.05, 0) is 42.8 Å². The number of nitrogen functional groups attached to an aromatic ring is 1. The molecule has 0 aliphatic carbocycles. The van der Waals surface area contributed by atoms with Crippen LogP contribution in [0.25, 0.3) is 10.8 Å². The fraction of sp³-hybridized carbons (Fsp3) is 0.0625. The number of benzene rings is 2. The number of aryl methyl sites for hydroxylation is 1. The maximum atomic E-state index is 6.15. The van der Waals surface area contributed by atoms with Crippen molar-refractivity contribution in [3.05, 3.63) is 60.4 Å². The molecule has 0 aliphatic heterocycles. The number of rotatable bonds is 2. The quantitative estimate of drug-likeness (QED) is 0.701. The van der Waals surface area contributed by atoms with E-state index >= 15 is 0 Å². The number of pyridine rings is 1. The van der Waals surface area contributed by atoms with Gasteiger partial charge < -0.3 is 10.5 Å². The molecule has 1 heterocycles. The zero-order valence-corrected chi connectivity index (χ0v) is 10.6. The lowest BCUT2D eigenvalue weighted by atomic mass is 10.1. The highest BCUT2D eigenvalue weighted by Gasteiger charge is 2.06. The Balaban J connectivity index is 2.04. The van der Waals surface area contributed by atoms with Crippen LogP contribution in [0.15, 0.2) is 54.9 Å². The van der Waals surface area contributed by atoms with E-state index in [1.54, 1.807) is 12.4 Å². The Hall–Kier alpha value is -2.55. The summed E-state index contributed by atoms with van der Waals surface area (Å²) in [6.07, 6.45) is 3.53. The summed E-state index contributed by atoms with van der Waals surface area (Å²) in [5, 5.41) is 1.97. The molecule has 0 radical (unpaired) electrons. The third-order valence-corrected chi connectivity index (χ3v) is 3.04. The second-order valence-electron chi connectivity index (χ2n) is 4.49. The van der Waals surface area contributed by atoms with Crippen molar-refractivity contribution in [2.45, 2.75) is 6.92 Å². The molecule has 0 unspecified atom stereocenters. The standard InChI is InChI=1S/C16H14N2O/c1-11-3-2-4-13(9-11)19-15-6-5-12-10-18-8-7-14(12)16(15)17/h2-10H,17H2,1H3. The minimum absolute atomic E-state index is 0.640. The lowest BCUT2D eigenvalue weighted by Crippen LogP contribution is -1.94. The Morgan fingerprint density at radius 2 is 2.00 bits per heavy atom. The molecule has 3 aromatic rings. The molecule has 3 heteroatoms. The topological polar surface area (TPSA) is 48.1 Å². The number of anilines is 1. The third kappa shape index (κ3) is 2.22. The first kappa shape index (κ1) is 11.5. The zero-order chi connectivity index (χ0) is 13.2. The van der Waals surface area contributed by atoms with Gasteiger partial charge in [0.1, 0.15) is 5.75 Å². The molecule has 19 heavy (non-hydrogen) atoms. The van der Waals surface area contributed by atoms with E-state index in [4.69, 9.17) is 10.5 Å². The van der Waals surface area contributed by atoms with Gasteiger partial charge in [0, 0.05) is 23.2 Å². The molecule has 0 aliphatic rings. The van der Waals surface area contributed by atoms with Crippen LogP contribution in [0.4, 0.5) is 5.69 Å². The minimum Gasteiger partial charge on any atom is -0.455 e. The maximum Gasteiger partial charge on any atom is 0.150 e. The van der Waals surface area contributed by atoms with Gasteiger partial charge in [0.05, 0.1) is 5.69 Å². The highest BCUT2D eigenvalue weighted by atomic mass is 16.5. The molecule has 1 aromatic heterocycles. The van der Waals surface area contributed by atoms with Crippen LogP contribution in [0.3, 0.4) is 0 Å². The van der Waals surface area contributed by atoms with Gasteiger partial charge in [0.2, 0.25) is 0 Å². The van der Waals surface area contributed by atoms with Gasteiger partial charge in [-0.15, -0.1) is 0 Å². The Morgan fingerprint density at radius 3 is 2.84 bits per heavy atom. The van der Waals surface area contributed by atoms with Crippen molar-refractivity contribution in [2.24, 2.45) is 0 Å². The van der Waals surface area contributed by atoms with Gasteiger partial charge in [-0.2, -0.15) is 0 Å². The molecule has 0 saturated heterocycles. The molecule has 0 amide bonds. The van der Waals surface area contributed by atoms with E-state index in [0.717, 1.165) is 22.1 Å². The van der Waals surface area contributed by atoms with E-state index in [1.165, 1.54) is 0 Å². The summed E-state index contributed by atoms with van der Waals surface area (Å²) >= 11 is 0. The summed E-state index contributed by atoms with van der Waals surface area (Å²) in [7, 11) is 0. The molecule has 0 spiro atoms. The second-order valence-corrected chi connectivity index (χ2v) is 4.49. The fourth-order valence-electron chi connectivity index (χ4n) is 2.07. The van der Waals surface area contributed by atoms with Crippen molar-refractivity contribution in [3.63, 3.8) is 0 Å². The number of aromatic nitrogens is 1. The summed E-state index contributed by atoms with van der Waals surface area (Å²) in [6, 6.07) is 13.6. The first-order valence-corrected chi connectivity index (χ1v) is 6.11. The molecule has 3 nitrogen and oxygen atoms in total. The lowest BCUT2D eigenvalue weighted by molar-refractivity contribution is 0.485. The number of ether oxygens (including phenoxy) is 1. The van der Waals surface area contributed by atoms with Crippen molar-refractivity contribution in [3.8, 4) is 11.5 Å². The van der Waals surface area contributed by atoms with Crippen LogP contribution in [0.1, 0.15) is 5.56 Å². The van der Waals surface area contributed by atoms with Crippen molar-refractivity contribution < 1.29 is 4.74 Å². The summed E-state index contributed by atoms with van der Waals surface area (Å²) in [4.78, 5) is 4.08. The number of nitrogens with two attached hydrogens (primary N) is 1. The normalized spacial score (nSPS) is 10.6. The van der Waals surface area contributed by atoms with Gasteiger partial charge in [0.25, 0.3) is 0 Å². The second kappa shape index (κ2) is 4.61. The third-order valence-electron chi connectivity index (χ3n) is 3.04. The van der Waals surface area contributed by atoms with Crippen LogP contribution >= 0.6 is 0 Å². The van der Waals surface area contributed by atoms with Crippen LogP contribution in [0.5, 0.6) is 11.5 Å². The van der Waals surface area contributed by atoms with E-state index < -0.39 is 0 Å². The molecular weight excluding hydrogens is 236 g/mol. The van der Waals surface area contributed by atoms with Crippen LogP contribution in [-0.2, 0) is 0 Å². The predicted molar refractivity (Wildman–Crippen MR) is 77.4 cm³/mol. The summed E-state index contributed by atoms with van der Waals surface area (Å²) in [5.41, 5.74) is 7.95. The SMILES string of the molecule is Cc1cccc(Oc2ccc3cnccc3c2N)c1. The van der Waals surface area contributed by atoms with E-state index in [0.29, 0.717) is 11.4 Å². The van der Waals surface area contributed by atoms with Crippen molar-refractivity contribution >= 4 is 16.5 Å². The molecule has 0 bridgehead atoms. The minimum atomic E-state index is 0.640. The number of hydrogen-bond donors (Lipinski definition) is 1. The monoisotopic (exact) mass is 250 g/mol. The zero-order valence-electron chi connectivity index (χ0n) is 10.6. The first-order chi connectivity index (χ1) is 9.24. The van der Waals surface area contributed by atoms with Crippen molar-refractivity contribution in [1.82, 2.24) is 4.98 Å². The smallest absolute Gasteiger partial charge is 0.150 e. The Morgan fingerprint density at radius 1 is 1.11 bits per heavy atom. The number of nitrogens with zero attached hydrogens (tertiary/aromatic N) is 1. The Kier molecular flexibility index (Phi) is 2.80. The van der Waals surface area contributed by atoms with Crippen LogP contribution < -0.4 is 10.5 Å². The van der Waals surface area contributed by atoms with Gasteiger partial charge in [-0.3, -0.25) is 4.98 Å². The average Bonchev–Trinajstić information content (AvgIpc) is 2.42. The lowest BCUT2D eigenvalue weighted by Gasteiger charge is -2.11. The summed E-state index contributed by atoms with van der Waals surface area (Å²) < 4.78 is 5.85. The van der Waals surface area contributed by atoms with E-state index in [9.17, 15) is 0 Å². The van der Waals surface area contributed by atoms with E-state index in [-0.39, 0.29) is 0 Å². The van der Waals surface area contributed by atoms with Crippen LogP contribution in [0, 0.1) is 6.92 Å². The van der Waals surface area contributed by atoms with Crippen molar-refractivity contribution in [2.75, 3.05) is 5.73 Å². The molecular formula is C16H14N2O. The number of hydrogen-bond acceptors (Lipinski definition) is 3. The molecule has 94 valence electrons. The molecule has 0 fully saturated rings. The highest BCUT2D eigenvalue weighted by Crippen LogP contribution is 2.33. The number of fused-ring (bicyclic) bond motifs is 1. The van der Waals surface area contributed by atoms with Gasteiger partial charge >= 0.3 is 0 Å². The summed E-state index contributed by atoms with van der Waals surface area (Å²) in [6.45, 7) is 2.03. The molecule has 0 saturated carbocycles. The van der Waals surface area contributed by atoms with Crippen LogP contribution in [0.2, 0.25) is 0 Å². The average molecular weight is 250 g/mol. The van der Waals surface area contributed by atoms with E-state index in [2.05, 4.69) is 4.98 Å². The van der Waals surface area contributed by atoms with Crippen LogP contribution in [-0.4, -0.2) is 4.98 Å². The molecule has 2 N–H and O–H groups in total. The van der Waals surface area contributed by atoms with Gasteiger partial charge in [-0.25, -0.2) is 0 Å². The molecule has 0 atom stereocenters. The molecule has 2 aromatic carbocycles. The Labute approximate surface area is 111 Å². The van der Waals surface area contributed by atoms with Gasteiger partial charge in [-0.1, -0.05) is 12.1 Å². The largest absolute Gasteiger partial charge is 0.455 e. The van der Waals surface area contributed by atoms with Crippen molar-refractivity contribution in [1.29, 1.82) is 0 Å². The Bertz CT molecular complexity index is 738. The first-order valence-electron chi connectivity index (χ1n) is 6.11. The molecule has 3 rings (SSSR count).